The lowest BCUT2D eigenvalue weighted by Gasteiger charge is -2.38. The van der Waals surface area contributed by atoms with Gasteiger partial charge in [-0.2, -0.15) is 0 Å². The molecule has 0 fully saturated rings. The zero-order chi connectivity index (χ0) is 21.2. The van der Waals surface area contributed by atoms with E-state index in [0.717, 1.165) is 34.6 Å². The lowest BCUT2D eigenvalue weighted by atomic mass is 9.75. The van der Waals surface area contributed by atoms with Gasteiger partial charge < -0.3 is 9.47 Å². The summed E-state index contributed by atoms with van der Waals surface area (Å²) < 4.78 is 12.7. The molecule has 2 aliphatic rings. The highest BCUT2D eigenvalue weighted by molar-refractivity contribution is 5.97. The van der Waals surface area contributed by atoms with Gasteiger partial charge in [0.25, 0.3) is 0 Å². The molecule has 152 valence electrons. The van der Waals surface area contributed by atoms with Gasteiger partial charge in [-0.15, -0.1) is 0 Å². The van der Waals surface area contributed by atoms with Gasteiger partial charge in [-0.1, -0.05) is 39.0 Å². The molecule has 0 amide bonds. The summed E-state index contributed by atoms with van der Waals surface area (Å²) in [5.74, 6) is 1.63. The fourth-order valence-electron chi connectivity index (χ4n) is 5.04. The zero-order valence-electron chi connectivity index (χ0n) is 18.1. The van der Waals surface area contributed by atoms with E-state index < -0.39 is 5.60 Å². The maximum absolute atomic E-state index is 13.0. The third kappa shape index (κ3) is 2.41. The summed E-state index contributed by atoms with van der Waals surface area (Å²) in [5, 5.41) is 0. The second-order valence-electron chi connectivity index (χ2n) is 8.71. The van der Waals surface area contributed by atoms with E-state index in [-0.39, 0.29) is 5.97 Å². The van der Waals surface area contributed by atoms with E-state index in [1.165, 1.54) is 22.3 Å². The number of benzene rings is 3. The van der Waals surface area contributed by atoms with Crippen LogP contribution >= 0.6 is 0 Å². The molecule has 5 rings (SSSR count). The summed E-state index contributed by atoms with van der Waals surface area (Å²) in [6.45, 7) is 10.7. The van der Waals surface area contributed by atoms with Crippen LogP contribution in [0.15, 0.2) is 48.5 Å². The molecule has 3 aromatic carbocycles. The van der Waals surface area contributed by atoms with Gasteiger partial charge in [0.1, 0.15) is 11.5 Å². The molecule has 0 radical (unpaired) electrons. The number of rotatable bonds is 2. The van der Waals surface area contributed by atoms with Crippen LogP contribution in [-0.2, 0) is 16.8 Å². The maximum Gasteiger partial charge on any atom is 0.340 e. The van der Waals surface area contributed by atoms with Crippen LogP contribution in [0.2, 0.25) is 0 Å². The Kier molecular flexibility index (Phi) is 4.08. The maximum atomic E-state index is 13.0. The van der Waals surface area contributed by atoms with Crippen molar-refractivity contribution < 1.29 is 14.3 Å². The SMILES string of the molecule is CCc1cc2c(cc1C)C1(OC(=O)c3ccccc31)c1cc(C)c(C(C)C)cc1O2. The van der Waals surface area contributed by atoms with Gasteiger partial charge in [-0.3, -0.25) is 0 Å². The van der Waals surface area contributed by atoms with Crippen molar-refractivity contribution in [2.45, 2.75) is 52.6 Å². The minimum atomic E-state index is -0.978. The third-order valence-electron chi connectivity index (χ3n) is 6.56. The Morgan fingerprint density at radius 1 is 0.900 bits per heavy atom. The van der Waals surface area contributed by atoms with Crippen LogP contribution in [-0.4, -0.2) is 5.97 Å². The molecule has 30 heavy (non-hydrogen) atoms. The van der Waals surface area contributed by atoms with E-state index in [9.17, 15) is 4.79 Å². The predicted octanol–water partition coefficient (Wildman–Crippen LogP) is 6.56. The van der Waals surface area contributed by atoms with Crippen LogP contribution in [0.25, 0.3) is 0 Å². The van der Waals surface area contributed by atoms with Crippen LogP contribution in [0.4, 0.5) is 0 Å². The smallest absolute Gasteiger partial charge is 0.340 e. The van der Waals surface area contributed by atoms with E-state index in [2.05, 4.69) is 58.9 Å². The molecular formula is C27H26O3. The van der Waals surface area contributed by atoms with Gasteiger partial charge in [-0.25, -0.2) is 4.79 Å². The topological polar surface area (TPSA) is 35.5 Å². The van der Waals surface area contributed by atoms with E-state index in [0.29, 0.717) is 11.5 Å². The van der Waals surface area contributed by atoms with Crippen LogP contribution < -0.4 is 4.74 Å². The minimum absolute atomic E-state index is 0.285. The fourth-order valence-corrected chi connectivity index (χ4v) is 5.04. The molecule has 0 N–H and O–H groups in total. The Morgan fingerprint density at radius 2 is 1.57 bits per heavy atom. The van der Waals surface area contributed by atoms with E-state index in [1.807, 2.05) is 24.3 Å². The molecule has 0 bridgehead atoms. The Hall–Kier alpha value is -3.07. The number of carbonyl (C=O) groups excluding carboxylic acids is 1. The summed E-state index contributed by atoms with van der Waals surface area (Å²) in [6, 6.07) is 16.2. The lowest BCUT2D eigenvalue weighted by molar-refractivity contribution is 0.0223. The van der Waals surface area contributed by atoms with Gasteiger partial charge in [-0.05, 0) is 78.8 Å². The molecule has 0 aliphatic carbocycles. The van der Waals surface area contributed by atoms with Crippen LogP contribution in [0.3, 0.4) is 0 Å². The van der Waals surface area contributed by atoms with Crippen molar-refractivity contribution in [3.63, 3.8) is 0 Å². The minimum Gasteiger partial charge on any atom is -0.456 e. The van der Waals surface area contributed by atoms with Crippen molar-refractivity contribution >= 4 is 5.97 Å². The van der Waals surface area contributed by atoms with Crippen LogP contribution in [0, 0.1) is 13.8 Å². The van der Waals surface area contributed by atoms with Gasteiger partial charge in [0, 0.05) is 16.7 Å². The van der Waals surface area contributed by atoms with Crippen molar-refractivity contribution in [1.82, 2.24) is 0 Å². The summed E-state index contributed by atoms with van der Waals surface area (Å²) in [7, 11) is 0. The Labute approximate surface area is 177 Å². The Balaban J connectivity index is 1.89. The molecule has 1 unspecified atom stereocenters. The van der Waals surface area contributed by atoms with E-state index in [1.54, 1.807) is 0 Å². The Morgan fingerprint density at radius 3 is 2.27 bits per heavy atom. The highest BCUT2D eigenvalue weighted by atomic mass is 16.6. The largest absolute Gasteiger partial charge is 0.456 e. The summed E-state index contributed by atoms with van der Waals surface area (Å²) in [4.78, 5) is 13.0. The normalized spacial score (nSPS) is 18.7. The quantitative estimate of drug-likeness (QED) is 0.459. The lowest BCUT2D eigenvalue weighted by Crippen LogP contribution is -2.33. The standard InChI is InChI=1S/C27H26O3/c1-6-18-13-24-22(11-16(18)4)27(21-10-8-7-9-19(21)26(28)30-27)23-12-17(5)20(15(2)3)14-25(23)29-24/h7-15H,6H2,1-5H3. The Bertz CT molecular complexity index is 1200. The molecule has 3 heteroatoms. The predicted molar refractivity (Wildman–Crippen MR) is 118 cm³/mol. The van der Waals surface area contributed by atoms with Gasteiger partial charge in [0.2, 0.25) is 0 Å². The first kappa shape index (κ1) is 18.9. The molecule has 1 spiro atoms. The molecule has 3 nitrogen and oxygen atoms in total. The number of hydrogen-bond donors (Lipinski definition) is 0. The van der Waals surface area contributed by atoms with Gasteiger partial charge in [0.05, 0.1) is 5.56 Å². The van der Waals surface area contributed by atoms with E-state index in [4.69, 9.17) is 9.47 Å². The molecule has 0 aromatic heterocycles. The molecule has 3 aromatic rings. The number of ether oxygens (including phenoxy) is 2. The number of hydrogen-bond acceptors (Lipinski definition) is 3. The summed E-state index contributed by atoms with van der Waals surface area (Å²) in [5.41, 5.74) is 7.18. The molecular weight excluding hydrogens is 372 g/mol. The van der Waals surface area contributed by atoms with Crippen LogP contribution in [0.5, 0.6) is 11.5 Å². The molecule has 0 saturated carbocycles. The first-order valence-electron chi connectivity index (χ1n) is 10.7. The average molecular weight is 399 g/mol. The molecule has 2 heterocycles. The molecule has 0 saturated heterocycles. The monoisotopic (exact) mass is 398 g/mol. The van der Waals surface area contributed by atoms with E-state index >= 15 is 0 Å². The zero-order valence-corrected chi connectivity index (χ0v) is 18.1. The molecule has 1 atom stereocenters. The number of carbonyl (C=O) groups is 1. The number of aryl methyl sites for hydroxylation is 3. The highest BCUT2D eigenvalue weighted by Crippen LogP contribution is 2.57. The fraction of sp³-hybridized carbons (Fsp3) is 0.296. The van der Waals surface area contributed by atoms with Gasteiger partial charge in [0.15, 0.2) is 5.60 Å². The first-order valence-corrected chi connectivity index (χ1v) is 10.7. The second kappa shape index (κ2) is 6.46. The first-order chi connectivity index (χ1) is 14.4. The van der Waals surface area contributed by atoms with Crippen molar-refractivity contribution in [2.24, 2.45) is 0 Å². The van der Waals surface area contributed by atoms with Crippen molar-refractivity contribution in [3.8, 4) is 11.5 Å². The highest BCUT2D eigenvalue weighted by Gasteiger charge is 2.53. The average Bonchev–Trinajstić information content (AvgIpc) is 3.02. The third-order valence-corrected chi connectivity index (χ3v) is 6.56. The van der Waals surface area contributed by atoms with Gasteiger partial charge >= 0.3 is 5.97 Å². The van der Waals surface area contributed by atoms with Crippen molar-refractivity contribution in [1.29, 1.82) is 0 Å². The molecule has 2 aliphatic heterocycles. The van der Waals surface area contributed by atoms with Crippen LogP contribution in [0.1, 0.15) is 76.0 Å². The summed E-state index contributed by atoms with van der Waals surface area (Å²) >= 11 is 0. The number of fused-ring (bicyclic) bond motifs is 6. The number of esters is 1. The van der Waals surface area contributed by atoms with Crippen molar-refractivity contribution in [2.75, 3.05) is 0 Å². The second-order valence-corrected chi connectivity index (χ2v) is 8.71. The summed E-state index contributed by atoms with van der Waals surface area (Å²) in [6.07, 6.45) is 0.920. The van der Waals surface area contributed by atoms with Crippen molar-refractivity contribution in [3.05, 3.63) is 93.0 Å².